The molecule has 2 atom stereocenters. The van der Waals surface area contributed by atoms with E-state index in [0.29, 0.717) is 17.2 Å². The van der Waals surface area contributed by atoms with E-state index in [4.69, 9.17) is 14.2 Å². The van der Waals surface area contributed by atoms with Crippen LogP contribution < -0.4 is 20.1 Å². The molecule has 2 amide bonds. The number of hydrogen-bond donors (Lipinski definition) is 2. The lowest BCUT2D eigenvalue weighted by atomic mass is 9.98. The second-order valence-corrected chi connectivity index (χ2v) is 6.63. The van der Waals surface area contributed by atoms with E-state index in [1.807, 2.05) is 44.2 Å². The minimum atomic E-state index is -0.723. The molecule has 0 radical (unpaired) electrons. The van der Waals surface area contributed by atoms with Crippen molar-refractivity contribution < 1.29 is 23.8 Å². The predicted octanol–water partition coefficient (Wildman–Crippen LogP) is 3.69. The standard InChI is InChI=1S/C21H24N2O5/c1-3-14(2)19(23-21(25)26-12-15-7-5-4-6-8-15)20(24)22-16-9-10-17-18(11-16)28-13-27-17/h4-11,14,19H,3,12-13H2,1-2H3,(H,22,24)(H,23,25)/t14-,19+/m0/s1. The summed E-state index contributed by atoms with van der Waals surface area (Å²) in [7, 11) is 0. The fourth-order valence-electron chi connectivity index (χ4n) is 2.79. The second kappa shape index (κ2) is 9.12. The van der Waals surface area contributed by atoms with Crippen LogP contribution in [0.3, 0.4) is 0 Å². The maximum Gasteiger partial charge on any atom is 0.408 e. The highest BCUT2D eigenvalue weighted by Gasteiger charge is 2.27. The number of carbonyl (C=O) groups excluding carboxylic acids is 2. The summed E-state index contributed by atoms with van der Waals surface area (Å²) in [4.78, 5) is 25.0. The van der Waals surface area contributed by atoms with E-state index in [1.54, 1.807) is 18.2 Å². The van der Waals surface area contributed by atoms with E-state index in [1.165, 1.54) is 0 Å². The van der Waals surface area contributed by atoms with Crippen molar-refractivity contribution in [1.29, 1.82) is 0 Å². The molecular formula is C21H24N2O5. The smallest absolute Gasteiger partial charge is 0.408 e. The Bertz CT molecular complexity index is 825. The van der Waals surface area contributed by atoms with Gasteiger partial charge in [0, 0.05) is 11.8 Å². The van der Waals surface area contributed by atoms with Gasteiger partial charge in [0.15, 0.2) is 11.5 Å². The molecule has 0 fully saturated rings. The summed E-state index contributed by atoms with van der Waals surface area (Å²) in [6.45, 7) is 4.17. The Balaban J connectivity index is 1.60. The third kappa shape index (κ3) is 4.94. The molecule has 1 aliphatic rings. The fraction of sp³-hybridized carbons (Fsp3) is 0.333. The molecule has 148 valence electrons. The third-order valence-corrected chi connectivity index (χ3v) is 4.62. The van der Waals surface area contributed by atoms with E-state index in [9.17, 15) is 9.59 Å². The van der Waals surface area contributed by atoms with Crippen LogP contribution >= 0.6 is 0 Å². The van der Waals surface area contributed by atoms with Crippen molar-refractivity contribution in [2.24, 2.45) is 5.92 Å². The van der Waals surface area contributed by atoms with Gasteiger partial charge in [0.25, 0.3) is 0 Å². The maximum atomic E-state index is 12.8. The van der Waals surface area contributed by atoms with Crippen LogP contribution in [-0.2, 0) is 16.1 Å². The van der Waals surface area contributed by atoms with Gasteiger partial charge in [-0.2, -0.15) is 0 Å². The van der Waals surface area contributed by atoms with Crippen molar-refractivity contribution >= 4 is 17.7 Å². The van der Waals surface area contributed by atoms with E-state index < -0.39 is 12.1 Å². The summed E-state index contributed by atoms with van der Waals surface area (Å²) < 4.78 is 15.8. The molecule has 1 heterocycles. The summed E-state index contributed by atoms with van der Waals surface area (Å²) in [5, 5.41) is 5.50. The molecule has 28 heavy (non-hydrogen) atoms. The van der Waals surface area contributed by atoms with E-state index in [-0.39, 0.29) is 25.2 Å². The van der Waals surface area contributed by atoms with Crippen LogP contribution in [0.5, 0.6) is 11.5 Å². The molecule has 2 N–H and O–H groups in total. The number of alkyl carbamates (subject to hydrolysis) is 1. The average Bonchev–Trinajstić information content (AvgIpc) is 3.18. The Kier molecular flexibility index (Phi) is 6.37. The molecule has 0 saturated carbocycles. The number of amides is 2. The van der Waals surface area contributed by atoms with Gasteiger partial charge in [-0.3, -0.25) is 4.79 Å². The number of anilines is 1. The van der Waals surface area contributed by atoms with Gasteiger partial charge in [-0.1, -0.05) is 50.6 Å². The zero-order chi connectivity index (χ0) is 19.9. The molecule has 0 spiro atoms. The molecule has 0 unspecified atom stereocenters. The van der Waals surface area contributed by atoms with Gasteiger partial charge in [-0.15, -0.1) is 0 Å². The summed E-state index contributed by atoms with van der Waals surface area (Å²) in [5.74, 6) is 0.829. The van der Waals surface area contributed by atoms with Gasteiger partial charge in [-0.25, -0.2) is 4.79 Å². The highest BCUT2D eigenvalue weighted by molar-refractivity contribution is 5.97. The number of nitrogens with one attached hydrogen (secondary N) is 2. The van der Waals surface area contributed by atoms with Crippen LogP contribution in [0, 0.1) is 5.92 Å². The molecule has 0 aromatic heterocycles. The normalized spacial score (nSPS) is 14.1. The largest absolute Gasteiger partial charge is 0.454 e. The van der Waals surface area contributed by atoms with Gasteiger partial charge < -0.3 is 24.8 Å². The zero-order valence-electron chi connectivity index (χ0n) is 15.9. The van der Waals surface area contributed by atoms with Gasteiger partial charge in [0.05, 0.1) is 0 Å². The Morgan fingerprint density at radius 1 is 1.11 bits per heavy atom. The van der Waals surface area contributed by atoms with Crippen molar-refractivity contribution in [2.45, 2.75) is 32.9 Å². The fourth-order valence-corrected chi connectivity index (χ4v) is 2.79. The van der Waals surface area contributed by atoms with Gasteiger partial charge in [0.1, 0.15) is 12.6 Å². The highest BCUT2D eigenvalue weighted by Crippen LogP contribution is 2.34. The Morgan fingerprint density at radius 2 is 1.86 bits per heavy atom. The van der Waals surface area contributed by atoms with E-state index in [0.717, 1.165) is 12.0 Å². The molecule has 3 rings (SSSR count). The molecule has 0 saturated heterocycles. The quantitative estimate of drug-likeness (QED) is 0.760. The van der Waals surface area contributed by atoms with Crippen molar-refractivity contribution in [3.05, 3.63) is 54.1 Å². The van der Waals surface area contributed by atoms with Crippen LogP contribution in [0.4, 0.5) is 10.5 Å². The lowest BCUT2D eigenvalue weighted by Crippen LogP contribution is -2.47. The first kappa shape index (κ1) is 19.5. The Morgan fingerprint density at radius 3 is 2.61 bits per heavy atom. The lowest BCUT2D eigenvalue weighted by Gasteiger charge is -2.23. The van der Waals surface area contributed by atoms with Crippen molar-refractivity contribution in [1.82, 2.24) is 5.32 Å². The van der Waals surface area contributed by atoms with E-state index in [2.05, 4.69) is 10.6 Å². The highest BCUT2D eigenvalue weighted by atomic mass is 16.7. The van der Waals surface area contributed by atoms with Gasteiger partial charge in [0.2, 0.25) is 12.7 Å². The minimum absolute atomic E-state index is 0.0710. The van der Waals surface area contributed by atoms with Crippen LogP contribution in [0.25, 0.3) is 0 Å². The number of benzene rings is 2. The van der Waals surface area contributed by atoms with Crippen LogP contribution in [0.2, 0.25) is 0 Å². The number of hydrogen-bond acceptors (Lipinski definition) is 5. The van der Waals surface area contributed by atoms with Crippen LogP contribution in [0.15, 0.2) is 48.5 Å². The lowest BCUT2D eigenvalue weighted by molar-refractivity contribution is -0.119. The van der Waals surface area contributed by atoms with Crippen LogP contribution in [0.1, 0.15) is 25.8 Å². The molecule has 1 aliphatic heterocycles. The minimum Gasteiger partial charge on any atom is -0.454 e. The van der Waals surface area contributed by atoms with Gasteiger partial charge >= 0.3 is 6.09 Å². The Labute approximate surface area is 164 Å². The van der Waals surface area contributed by atoms with Crippen molar-refractivity contribution in [3.8, 4) is 11.5 Å². The van der Waals surface area contributed by atoms with Crippen LogP contribution in [-0.4, -0.2) is 24.8 Å². The number of ether oxygens (including phenoxy) is 3. The molecule has 7 nitrogen and oxygen atoms in total. The molecule has 2 aromatic carbocycles. The molecule has 0 bridgehead atoms. The molecule has 7 heteroatoms. The molecule has 0 aliphatic carbocycles. The SMILES string of the molecule is CC[C@H](C)[C@@H](NC(=O)OCc1ccccc1)C(=O)Nc1ccc2c(c1)OCO2. The second-order valence-electron chi connectivity index (χ2n) is 6.63. The first-order valence-electron chi connectivity index (χ1n) is 9.24. The summed E-state index contributed by atoms with van der Waals surface area (Å²) >= 11 is 0. The molecular weight excluding hydrogens is 360 g/mol. The number of carbonyl (C=O) groups is 2. The number of rotatable bonds is 7. The maximum absolute atomic E-state index is 12.8. The Hall–Kier alpha value is -3.22. The first-order chi connectivity index (χ1) is 13.6. The first-order valence-corrected chi connectivity index (χ1v) is 9.24. The topological polar surface area (TPSA) is 85.9 Å². The third-order valence-electron chi connectivity index (χ3n) is 4.62. The monoisotopic (exact) mass is 384 g/mol. The molecule has 2 aromatic rings. The average molecular weight is 384 g/mol. The number of fused-ring (bicyclic) bond motifs is 1. The predicted molar refractivity (Wildman–Crippen MR) is 104 cm³/mol. The van der Waals surface area contributed by atoms with Crippen molar-refractivity contribution in [2.75, 3.05) is 12.1 Å². The van der Waals surface area contributed by atoms with Crippen molar-refractivity contribution in [3.63, 3.8) is 0 Å². The summed E-state index contributed by atoms with van der Waals surface area (Å²) in [6, 6.07) is 13.8. The van der Waals surface area contributed by atoms with E-state index >= 15 is 0 Å². The van der Waals surface area contributed by atoms with Gasteiger partial charge in [-0.05, 0) is 23.6 Å². The summed E-state index contributed by atoms with van der Waals surface area (Å²) in [5.41, 5.74) is 1.45. The zero-order valence-corrected chi connectivity index (χ0v) is 15.9. The summed E-state index contributed by atoms with van der Waals surface area (Å²) in [6.07, 6.45) is 0.0908.